The SMILES string of the molecule is O=C(Nc1ccc(Nc2cc(-n3cccn3)ncn2)cc1)c1ccccc1SC(F)F. The molecule has 0 aliphatic rings. The van der Waals surface area contributed by atoms with E-state index in [1.807, 2.05) is 0 Å². The molecular weight excluding hydrogens is 422 g/mol. The van der Waals surface area contributed by atoms with E-state index in [1.165, 1.54) is 18.5 Å². The summed E-state index contributed by atoms with van der Waals surface area (Å²) in [6.07, 6.45) is 4.87. The fraction of sp³-hybridized carbons (Fsp3) is 0.0476. The van der Waals surface area contributed by atoms with Crippen LogP contribution in [0.25, 0.3) is 5.82 Å². The summed E-state index contributed by atoms with van der Waals surface area (Å²) in [7, 11) is 0. The third-order valence-corrected chi connectivity index (χ3v) is 4.94. The first-order valence-electron chi connectivity index (χ1n) is 9.13. The van der Waals surface area contributed by atoms with Gasteiger partial charge in [-0.1, -0.05) is 23.9 Å². The van der Waals surface area contributed by atoms with E-state index in [2.05, 4.69) is 25.7 Å². The summed E-state index contributed by atoms with van der Waals surface area (Å²) in [6.45, 7) is 0. The van der Waals surface area contributed by atoms with Gasteiger partial charge in [-0.05, 0) is 42.5 Å². The van der Waals surface area contributed by atoms with Crippen LogP contribution < -0.4 is 10.6 Å². The number of nitrogens with one attached hydrogen (secondary N) is 2. The molecule has 0 unspecified atom stereocenters. The highest BCUT2D eigenvalue weighted by atomic mass is 32.2. The zero-order valence-corrected chi connectivity index (χ0v) is 16.8. The van der Waals surface area contributed by atoms with Crippen molar-refractivity contribution in [2.75, 3.05) is 10.6 Å². The molecular formula is C21H16F2N6OS. The Morgan fingerprint density at radius 2 is 1.77 bits per heavy atom. The molecule has 4 aromatic rings. The van der Waals surface area contributed by atoms with E-state index in [1.54, 1.807) is 65.6 Å². The highest BCUT2D eigenvalue weighted by Crippen LogP contribution is 2.29. The summed E-state index contributed by atoms with van der Waals surface area (Å²) in [5.74, 6) is -1.86. The molecule has 0 bridgehead atoms. The van der Waals surface area contributed by atoms with Gasteiger partial charge >= 0.3 is 0 Å². The first-order valence-corrected chi connectivity index (χ1v) is 10.0. The number of alkyl halides is 2. The number of benzene rings is 2. The number of anilines is 3. The van der Waals surface area contributed by atoms with Gasteiger partial charge in [0.15, 0.2) is 5.82 Å². The van der Waals surface area contributed by atoms with Crippen LogP contribution in [0.15, 0.2) is 84.3 Å². The van der Waals surface area contributed by atoms with E-state index < -0.39 is 11.7 Å². The largest absolute Gasteiger partial charge is 0.340 e. The first-order chi connectivity index (χ1) is 15.1. The number of hydrogen-bond acceptors (Lipinski definition) is 6. The fourth-order valence-electron chi connectivity index (χ4n) is 2.78. The van der Waals surface area contributed by atoms with Crippen molar-refractivity contribution >= 4 is 34.9 Å². The van der Waals surface area contributed by atoms with Gasteiger partial charge in [0.1, 0.15) is 12.1 Å². The minimum atomic E-state index is -2.60. The molecule has 2 aromatic heterocycles. The topological polar surface area (TPSA) is 84.7 Å². The second-order valence-corrected chi connectivity index (χ2v) is 7.28. The van der Waals surface area contributed by atoms with Gasteiger partial charge in [0.25, 0.3) is 11.7 Å². The number of aromatic nitrogens is 4. The summed E-state index contributed by atoms with van der Waals surface area (Å²) in [6, 6.07) is 16.8. The van der Waals surface area contributed by atoms with Gasteiger partial charge in [-0.3, -0.25) is 4.79 Å². The first kappa shape index (κ1) is 20.5. The number of rotatable bonds is 7. The molecule has 1 amide bonds. The summed E-state index contributed by atoms with van der Waals surface area (Å²) >= 11 is 0.345. The van der Waals surface area contributed by atoms with Crippen molar-refractivity contribution in [2.24, 2.45) is 0 Å². The third kappa shape index (κ3) is 5.23. The molecule has 2 aromatic carbocycles. The van der Waals surface area contributed by atoms with Crippen molar-refractivity contribution < 1.29 is 13.6 Å². The molecule has 0 aliphatic heterocycles. The molecule has 0 saturated heterocycles. The molecule has 2 N–H and O–H groups in total. The van der Waals surface area contributed by atoms with Crippen LogP contribution in [0.5, 0.6) is 0 Å². The normalized spacial score (nSPS) is 10.8. The van der Waals surface area contributed by atoms with Gasteiger partial charge in [0.05, 0.1) is 5.56 Å². The van der Waals surface area contributed by atoms with Gasteiger partial charge in [0, 0.05) is 34.7 Å². The Bertz CT molecular complexity index is 1170. The van der Waals surface area contributed by atoms with E-state index in [0.717, 1.165) is 5.69 Å². The zero-order valence-electron chi connectivity index (χ0n) is 15.9. The van der Waals surface area contributed by atoms with Crippen LogP contribution >= 0.6 is 11.8 Å². The van der Waals surface area contributed by atoms with Gasteiger partial charge in [-0.15, -0.1) is 0 Å². The monoisotopic (exact) mass is 438 g/mol. The maximum Gasteiger partial charge on any atom is 0.288 e. The molecule has 2 heterocycles. The van der Waals surface area contributed by atoms with Crippen LogP contribution in [0.1, 0.15) is 10.4 Å². The van der Waals surface area contributed by atoms with Crippen LogP contribution in [0, 0.1) is 0 Å². The average molecular weight is 438 g/mol. The number of nitrogens with zero attached hydrogens (tertiary/aromatic N) is 4. The number of carbonyl (C=O) groups is 1. The lowest BCUT2D eigenvalue weighted by Crippen LogP contribution is -2.13. The smallest absolute Gasteiger partial charge is 0.288 e. The number of carbonyl (C=O) groups excluding carboxylic acids is 1. The predicted molar refractivity (Wildman–Crippen MR) is 115 cm³/mol. The lowest BCUT2D eigenvalue weighted by molar-refractivity contribution is 0.102. The van der Waals surface area contributed by atoms with E-state index in [4.69, 9.17) is 0 Å². The highest BCUT2D eigenvalue weighted by molar-refractivity contribution is 7.99. The standard InChI is InChI=1S/C21H16F2N6OS/c22-21(23)31-17-5-2-1-4-16(17)20(30)28-15-8-6-14(7-9-15)27-18-12-19(25-13-24-18)29-11-3-10-26-29/h1-13,21H,(H,28,30)(H,24,25,27). The van der Waals surface area contributed by atoms with Crippen molar-refractivity contribution in [2.45, 2.75) is 10.7 Å². The summed E-state index contributed by atoms with van der Waals surface area (Å²) in [5.41, 5.74) is 1.48. The number of thioether (sulfide) groups is 1. The number of halogens is 2. The van der Waals surface area contributed by atoms with Crippen molar-refractivity contribution in [3.8, 4) is 5.82 Å². The lowest BCUT2D eigenvalue weighted by Gasteiger charge is -2.11. The highest BCUT2D eigenvalue weighted by Gasteiger charge is 2.15. The molecule has 10 heteroatoms. The third-order valence-electron chi connectivity index (χ3n) is 4.15. The number of hydrogen-bond donors (Lipinski definition) is 2. The quantitative estimate of drug-likeness (QED) is 0.396. The molecule has 0 radical (unpaired) electrons. The molecule has 4 rings (SSSR count). The van der Waals surface area contributed by atoms with Crippen LogP contribution in [-0.2, 0) is 0 Å². The second kappa shape index (κ2) is 9.35. The van der Waals surface area contributed by atoms with Crippen LogP contribution in [0.4, 0.5) is 26.0 Å². The predicted octanol–water partition coefficient (Wildman–Crippen LogP) is 4.97. The summed E-state index contributed by atoms with van der Waals surface area (Å²) in [4.78, 5) is 21.1. The van der Waals surface area contributed by atoms with Crippen molar-refractivity contribution in [1.29, 1.82) is 0 Å². The molecule has 0 aliphatic carbocycles. The van der Waals surface area contributed by atoms with Gasteiger partial charge in [-0.2, -0.15) is 13.9 Å². The summed E-state index contributed by atoms with van der Waals surface area (Å²) < 4.78 is 27.1. The Kier molecular flexibility index (Phi) is 6.18. The van der Waals surface area contributed by atoms with Crippen LogP contribution in [0.2, 0.25) is 0 Å². The maximum absolute atomic E-state index is 12.7. The van der Waals surface area contributed by atoms with E-state index in [-0.39, 0.29) is 10.5 Å². The van der Waals surface area contributed by atoms with Crippen molar-refractivity contribution in [1.82, 2.24) is 19.7 Å². The van der Waals surface area contributed by atoms with Crippen LogP contribution in [0.3, 0.4) is 0 Å². The Morgan fingerprint density at radius 3 is 2.52 bits per heavy atom. The van der Waals surface area contributed by atoms with Crippen molar-refractivity contribution in [3.63, 3.8) is 0 Å². The molecule has 7 nitrogen and oxygen atoms in total. The van der Waals surface area contributed by atoms with Gasteiger partial charge in [0.2, 0.25) is 0 Å². The Labute approximate surface area is 180 Å². The number of amides is 1. The molecule has 31 heavy (non-hydrogen) atoms. The second-order valence-electron chi connectivity index (χ2n) is 6.24. The minimum Gasteiger partial charge on any atom is -0.340 e. The summed E-state index contributed by atoms with van der Waals surface area (Å²) in [5, 5.41) is 10.0. The molecule has 0 spiro atoms. The molecule has 156 valence electrons. The van der Waals surface area contributed by atoms with Crippen molar-refractivity contribution in [3.05, 3.63) is 84.9 Å². The van der Waals surface area contributed by atoms with E-state index in [0.29, 0.717) is 29.1 Å². The Morgan fingerprint density at radius 1 is 1.00 bits per heavy atom. The van der Waals surface area contributed by atoms with E-state index in [9.17, 15) is 13.6 Å². The van der Waals surface area contributed by atoms with Gasteiger partial charge < -0.3 is 10.6 Å². The maximum atomic E-state index is 12.7. The Hall–Kier alpha value is -3.79. The molecule has 0 atom stereocenters. The molecule has 0 fully saturated rings. The van der Waals surface area contributed by atoms with E-state index >= 15 is 0 Å². The minimum absolute atomic E-state index is 0.196. The average Bonchev–Trinajstić information content (AvgIpc) is 3.30. The fourth-order valence-corrected chi connectivity index (χ4v) is 3.42. The zero-order chi connectivity index (χ0) is 21.6. The van der Waals surface area contributed by atoms with Crippen LogP contribution in [-0.4, -0.2) is 31.4 Å². The lowest BCUT2D eigenvalue weighted by atomic mass is 10.2. The molecule has 0 saturated carbocycles. The Balaban J connectivity index is 1.44. The van der Waals surface area contributed by atoms with Gasteiger partial charge in [-0.25, -0.2) is 14.6 Å².